The van der Waals surface area contributed by atoms with Gasteiger partial charge in [-0.25, -0.2) is 0 Å². The second-order valence-electron chi connectivity index (χ2n) is 4.55. The van der Waals surface area contributed by atoms with E-state index in [1.165, 1.54) is 0 Å². The standard InChI is InChI=1S/C15H21NO3S/c1-4-15(2,19-3)14(18)16-10-13-9-12(11-20-13)7-5-6-8-17/h9,11,17H,4,6,8,10H2,1-3H3,(H,16,18). The maximum atomic E-state index is 12.0. The number of methoxy groups -OCH3 is 1. The molecule has 0 fully saturated rings. The highest BCUT2D eigenvalue weighted by atomic mass is 32.1. The zero-order chi connectivity index (χ0) is 15.0. The average Bonchev–Trinajstić information content (AvgIpc) is 2.92. The summed E-state index contributed by atoms with van der Waals surface area (Å²) in [7, 11) is 1.54. The third-order valence-electron chi connectivity index (χ3n) is 3.15. The molecule has 1 aromatic heterocycles. The minimum atomic E-state index is -0.777. The van der Waals surface area contributed by atoms with Crippen molar-refractivity contribution in [1.82, 2.24) is 5.32 Å². The number of aliphatic hydroxyl groups excluding tert-OH is 1. The molecule has 1 aromatic rings. The molecule has 110 valence electrons. The zero-order valence-corrected chi connectivity index (χ0v) is 13.0. The maximum Gasteiger partial charge on any atom is 0.252 e. The van der Waals surface area contributed by atoms with Gasteiger partial charge in [-0.05, 0) is 19.4 Å². The van der Waals surface area contributed by atoms with E-state index in [4.69, 9.17) is 9.84 Å². The fourth-order valence-electron chi connectivity index (χ4n) is 1.51. The lowest BCUT2D eigenvalue weighted by molar-refractivity contribution is -0.141. The largest absolute Gasteiger partial charge is 0.395 e. The molecule has 1 unspecified atom stereocenters. The monoisotopic (exact) mass is 295 g/mol. The van der Waals surface area contributed by atoms with Crippen LogP contribution in [0.2, 0.25) is 0 Å². The topological polar surface area (TPSA) is 58.6 Å². The van der Waals surface area contributed by atoms with E-state index in [1.807, 2.05) is 18.4 Å². The highest BCUT2D eigenvalue weighted by Crippen LogP contribution is 2.16. The first-order chi connectivity index (χ1) is 9.55. The van der Waals surface area contributed by atoms with Crippen LogP contribution in [-0.4, -0.2) is 30.3 Å². The van der Waals surface area contributed by atoms with Crippen molar-refractivity contribution in [2.75, 3.05) is 13.7 Å². The number of hydrogen-bond acceptors (Lipinski definition) is 4. The summed E-state index contributed by atoms with van der Waals surface area (Å²) in [4.78, 5) is 13.1. The molecule has 0 spiro atoms. The van der Waals surface area contributed by atoms with Gasteiger partial charge in [-0.3, -0.25) is 4.79 Å². The van der Waals surface area contributed by atoms with E-state index in [9.17, 15) is 4.79 Å². The van der Waals surface area contributed by atoms with Gasteiger partial charge >= 0.3 is 0 Å². The molecule has 4 nitrogen and oxygen atoms in total. The molecule has 0 aliphatic heterocycles. The van der Waals surface area contributed by atoms with E-state index in [0.29, 0.717) is 19.4 Å². The van der Waals surface area contributed by atoms with Crippen molar-refractivity contribution in [3.05, 3.63) is 21.9 Å². The van der Waals surface area contributed by atoms with Gasteiger partial charge in [0.15, 0.2) is 0 Å². The maximum absolute atomic E-state index is 12.0. The molecule has 1 rings (SSSR count). The third-order valence-corrected chi connectivity index (χ3v) is 4.09. The number of carbonyl (C=O) groups excluding carboxylic acids is 1. The molecule has 1 atom stereocenters. The van der Waals surface area contributed by atoms with Gasteiger partial charge in [-0.1, -0.05) is 18.8 Å². The number of amides is 1. The Hall–Kier alpha value is -1.35. The Balaban J connectivity index is 2.55. The van der Waals surface area contributed by atoms with Crippen molar-refractivity contribution < 1.29 is 14.6 Å². The Kier molecular flexibility index (Phi) is 6.73. The summed E-state index contributed by atoms with van der Waals surface area (Å²) in [5.41, 5.74) is 0.138. The zero-order valence-electron chi connectivity index (χ0n) is 12.2. The summed E-state index contributed by atoms with van der Waals surface area (Å²) in [6.45, 7) is 4.25. The van der Waals surface area contributed by atoms with Gasteiger partial charge in [0.05, 0.1) is 13.2 Å². The molecular formula is C15H21NO3S. The van der Waals surface area contributed by atoms with Crippen LogP contribution >= 0.6 is 11.3 Å². The van der Waals surface area contributed by atoms with Crippen LogP contribution in [0.1, 0.15) is 37.1 Å². The van der Waals surface area contributed by atoms with Crippen LogP contribution in [-0.2, 0) is 16.1 Å². The molecule has 1 heterocycles. The molecule has 0 saturated carbocycles. The summed E-state index contributed by atoms with van der Waals surface area (Å²) in [6, 6.07) is 1.95. The highest BCUT2D eigenvalue weighted by Gasteiger charge is 2.30. The van der Waals surface area contributed by atoms with E-state index in [-0.39, 0.29) is 12.5 Å². The summed E-state index contributed by atoms with van der Waals surface area (Å²) in [5.74, 6) is 5.73. The van der Waals surface area contributed by atoms with Crippen molar-refractivity contribution in [2.24, 2.45) is 0 Å². The first-order valence-electron chi connectivity index (χ1n) is 6.56. The second-order valence-corrected chi connectivity index (χ2v) is 5.54. The Morgan fingerprint density at radius 3 is 2.95 bits per heavy atom. The number of hydrogen-bond donors (Lipinski definition) is 2. The van der Waals surface area contributed by atoms with Gasteiger partial charge in [0.1, 0.15) is 5.60 Å². The molecule has 0 aromatic carbocycles. The van der Waals surface area contributed by atoms with Crippen LogP contribution in [0.5, 0.6) is 0 Å². The molecular weight excluding hydrogens is 274 g/mol. The number of ether oxygens (including phenoxy) is 1. The molecule has 0 aliphatic rings. The summed E-state index contributed by atoms with van der Waals surface area (Å²) in [5, 5.41) is 13.5. The lowest BCUT2D eigenvalue weighted by Gasteiger charge is -2.24. The van der Waals surface area contributed by atoms with Crippen molar-refractivity contribution in [2.45, 2.75) is 38.8 Å². The Labute approximate surface area is 124 Å². The van der Waals surface area contributed by atoms with Crippen LogP contribution in [0.3, 0.4) is 0 Å². The Bertz CT molecular complexity index is 495. The number of rotatable bonds is 6. The van der Waals surface area contributed by atoms with E-state index < -0.39 is 5.60 Å². The first-order valence-corrected chi connectivity index (χ1v) is 7.44. The normalized spacial score (nSPS) is 13.2. The molecule has 0 saturated heterocycles. The first kappa shape index (κ1) is 16.7. The van der Waals surface area contributed by atoms with E-state index >= 15 is 0 Å². The van der Waals surface area contributed by atoms with E-state index in [2.05, 4.69) is 17.2 Å². The Morgan fingerprint density at radius 2 is 2.35 bits per heavy atom. The molecule has 0 radical (unpaired) electrons. The molecule has 2 N–H and O–H groups in total. The highest BCUT2D eigenvalue weighted by molar-refractivity contribution is 7.10. The third kappa shape index (κ3) is 4.64. The second kappa shape index (κ2) is 8.05. The molecule has 5 heteroatoms. The van der Waals surface area contributed by atoms with E-state index in [1.54, 1.807) is 25.4 Å². The van der Waals surface area contributed by atoms with Crippen molar-refractivity contribution in [3.63, 3.8) is 0 Å². The molecule has 0 aliphatic carbocycles. The quantitative estimate of drug-likeness (QED) is 0.788. The molecule has 1 amide bonds. The number of thiophene rings is 1. The summed E-state index contributed by atoms with van der Waals surface area (Å²) in [6.07, 6.45) is 1.10. The van der Waals surface area contributed by atoms with Crippen LogP contribution in [0.25, 0.3) is 0 Å². The fraction of sp³-hybridized carbons (Fsp3) is 0.533. The van der Waals surface area contributed by atoms with Crippen molar-refractivity contribution in [3.8, 4) is 11.8 Å². The van der Waals surface area contributed by atoms with Crippen molar-refractivity contribution in [1.29, 1.82) is 0 Å². The summed E-state index contributed by atoms with van der Waals surface area (Å²) >= 11 is 1.55. The van der Waals surface area contributed by atoms with Crippen LogP contribution in [0, 0.1) is 11.8 Å². The van der Waals surface area contributed by atoms with Gasteiger partial charge in [-0.2, -0.15) is 0 Å². The minimum Gasteiger partial charge on any atom is -0.395 e. The number of nitrogens with one attached hydrogen (secondary N) is 1. The number of carbonyl (C=O) groups is 1. The smallest absolute Gasteiger partial charge is 0.252 e. The predicted octanol–water partition coefficient (Wildman–Crippen LogP) is 1.91. The van der Waals surface area contributed by atoms with Crippen molar-refractivity contribution >= 4 is 17.2 Å². The summed E-state index contributed by atoms with van der Waals surface area (Å²) < 4.78 is 5.25. The minimum absolute atomic E-state index is 0.0761. The molecule has 20 heavy (non-hydrogen) atoms. The molecule has 0 bridgehead atoms. The van der Waals surface area contributed by atoms with Gasteiger partial charge in [-0.15, -0.1) is 11.3 Å². The average molecular weight is 295 g/mol. The van der Waals surface area contributed by atoms with Crippen LogP contribution in [0.4, 0.5) is 0 Å². The lowest BCUT2D eigenvalue weighted by Crippen LogP contribution is -2.45. The van der Waals surface area contributed by atoms with Gasteiger partial charge in [0, 0.05) is 29.4 Å². The number of aliphatic hydroxyl groups is 1. The van der Waals surface area contributed by atoms with Gasteiger partial charge < -0.3 is 15.2 Å². The SMILES string of the molecule is CCC(C)(OC)C(=O)NCc1cc(C#CCCO)cs1. The Morgan fingerprint density at radius 1 is 1.60 bits per heavy atom. The van der Waals surface area contributed by atoms with Crippen LogP contribution < -0.4 is 5.32 Å². The lowest BCUT2D eigenvalue weighted by atomic mass is 10.0. The van der Waals surface area contributed by atoms with E-state index in [0.717, 1.165) is 10.4 Å². The van der Waals surface area contributed by atoms with Gasteiger partial charge in [0.2, 0.25) is 0 Å². The van der Waals surface area contributed by atoms with Crippen LogP contribution in [0.15, 0.2) is 11.4 Å². The fourth-order valence-corrected chi connectivity index (χ4v) is 2.27. The predicted molar refractivity (Wildman–Crippen MR) is 80.5 cm³/mol. The van der Waals surface area contributed by atoms with Gasteiger partial charge in [0.25, 0.3) is 5.91 Å².